The maximum absolute atomic E-state index is 12.2. The van der Waals surface area contributed by atoms with Crippen LogP contribution in [-0.2, 0) is 19.5 Å². The van der Waals surface area contributed by atoms with Crippen LogP contribution in [0.2, 0.25) is 0 Å². The van der Waals surface area contributed by atoms with Crippen molar-refractivity contribution in [1.29, 1.82) is 0 Å². The van der Waals surface area contributed by atoms with Gasteiger partial charge in [-0.3, -0.25) is 0 Å². The largest absolute Gasteiger partial charge is 0.493 e. The Morgan fingerprint density at radius 3 is 2.77 bits per heavy atom. The molecule has 1 fully saturated rings. The molecule has 0 bridgehead atoms. The van der Waals surface area contributed by atoms with Gasteiger partial charge >= 0.3 is 0 Å². The SMILES string of the molecule is COCOCCCS(=O)(=O)N[C@H](C)c1cccc(OCC2CCCC2)c1. The summed E-state index contributed by atoms with van der Waals surface area (Å²) in [6, 6.07) is 7.35. The standard InChI is InChI=1S/C19H31NO5S/c1-16(20-26(21,22)12-6-11-24-15-23-2)18-9-5-10-19(13-18)25-14-17-7-3-4-8-17/h5,9-10,13,16-17,20H,3-4,6-8,11-12,14-15H2,1-2H3/t16-/m1/s1. The lowest BCUT2D eigenvalue weighted by Gasteiger charge is -2.17. The molecule has 1 aliphatic rings. The summed E-state index contributed by atoms with van der Waals surface area (Å²) >= 11 is 0. The molecular formula is C19H31NO5S. The van der Waals surface area contributed by atoms with Crippen LogP contribution in [0.1, 0.15) is 50.6 Å². The second-order valence-corrected chi connectivity index (χ2v) is 8.73. The molecule has 2 rings (SSSR count). The molecule has 1 aliphatic carbocycles. The molecule has 0 unspecified atom stereocenters. The minimum atomic E-state index is -3.37. The van der Waals surface area contributed by atoms with Gasteiger partial charge in [-0.25, -0.2) is 13.1 Å². The highest BCUT2D eigenvalue weighted by atomic mass is 32.2. The van der Waals surface area contributed by atoms with E-state index in [1.54, 1.807) is 0 Å². The van der Waals surface area contributed by atoms with Crippen molar-refractivity contribution >= 4 is 10.0 Å². The van der Waals surface area contributed by atoms with Crippen LogP contribution in [0.25, 0.3) is 0 Å². The highest BCUT2D eigenvalue weighted by Gasteiger charge is 2.17. The van der Waals surface area contributed by atoms with Gasteiger partial charge in [0.15, 0.2) is 0 Å². The van der Waals surface area contributed by atoms with E-state index in [0.29, 0.717) is 18.9 Å². The minimum absolute atomic E-state index is 0.0267. The molecule has 148 valence electrons. The summed E-state index contributed by atoms with van der Waals surface area (Å²) in [6.07, 6.45) is 5.50. The topological polar surface area (TPSA) is 73.9 Å². The Hall–Kier alpha value is -1.15. The first-order valence-corrected chi connectivity index (χ1v) is 10.9. The van der Waals surface area contributed by atoms with Crippen LogP contribution in [0.15, 0.2) is 24.3 Å². The van der Waals surface area contributed by atoms with Gasteiger partial charge in [-0.1, -0.05) is 25.0 Å². The molecule has 6 nitrogen and oxygen atoms in total. The molecule has 1 aromatic carbocycles. The second kappa shape index (κ2) is 10.9. The Morgan fingerprint density at radius 2 is 2.04 bits per heavy atom. The highest BCUT2D eigenvalue weighted by molar-refractivity contribution is 7.89. The maximum atomic E-state index is 12.2. The molecule has 0 spiro atoms. The van der Waals surface area contributed by atoms with Crippen molar-refractivity contribution in [3.8, 4) is 5.75 Å². The molecule has 26 heavy (non-hydrogen) atoms. The molecule has 1 aromatic rings. The fraction of sp³-hybridized carbons (Fsp3) is 0.684. The molecule has 0 aliphatic heterocycles. The van der Waals surface area contributed by atoms with Crippen LogP contribution in [0.4, 0.5) is 0 Å². The number of ether oxygens (including phenoxy) is 3. The van der Waals surface area contributed by atoms with E-state index in [2.05, 4.69) is 4.72 Å². The molecule has 0 amide bonds. The van der Waals surface area contributed by atoms with Gasteiger partial charge in [0.2, 0.25) is 10.0 Å². The molecule has 0 aromatic heterocycles. The van der Waals surface area contributed by atoms with Crippen LogP contribution < -0.4 is 9.46 Å². The third kappa shape index (κ3) is 7.61. The van der Waals surface area contributed by atoms with Gasteiger partial charge in [0.1, 0.15) is 12.5 Å². The molecule has 7 heteroatoms. The van der Waals surface area contributed by atoms with E-state index in [4.69, 9.17) is 14.2 Å². The van der Waals surface area contributed by atoms with Gasteiger partial charge < -0.3 is 14.2 Å². The lowest BCUT2D eigenvalue weighted by molar-refractivity contribution is -0.0298. The Bertz CT molecular complexity index is 629. The number of benzene rings is 1. The summed E-state index contributed by atoms with van der Waals surface area (Å²) in [5, 5.41) is 0. The first kappa shape index (κ1) is 21.2. The molecular weight excluding hydrogens is 354 g/mol. The first-order chi connectivity index (χ1) is 12.5. The second-order valence-electron chi connectivity index (χ2n) is 6.86. The van der Waals surface area contributed by atoms with E-state index in [1.807, 2.05) is 31.2 Å². The smallest absolute Gasteiger partial charge is 0.212 e. The highest BCUT2D eigenvalue weighted by Crippen LogP contribution is 2.26. The molecule has 1 N–H and O–H groups in total. The molecule has 0 radical (unpaired) electrons. The van der Waals surface area contributed by atoms with Gasteiger partial charge in [-0.2, -0.15) is 0 Å². The Morgan fingerprint density at radius 1 is 1.27 bits per heavy atom. The van der Waals surface area contributed by atoms with Crippen LogP contribution in [-0.4, -0.2) is 41.3 Å². The van der Waals surface area contributed by atoms with E-state index < -0.39 is 10.0 Å². The summed E-state index contributed by atoms with van der Waals surface area (Å²) in [4.78, 5) is 0. The third-order valence-corrected chi connectivity index (χ3v) is 6.12. The van der Waals surface area contributed by atoms with E-state index in [1.165, 1.54) is 32.8 Å². The van der Waals surface area contributed by atoms with Crippen molar-refractivity contribution in [1.82, 2.24) is 4.72 Å². The zero-order chi connectivity index (χ0) is 18.8. The third-order valence-electron chi connectivity index (χ3n) is 4.58. The summed E-state index contributed by atoms with van der Waals surface area (Å²) in [6.45, 7) is 3.12. The summed E-state index contributed by atoms with van der Waals surface area (Å²) in [5.74, 6) is 1.47. The molecule has 1 saturated carbocycles. The van der Waals surface area contributed by atoms with E-state index >= 15 is 0 Å². The van der Waals surface area contributed by atoms with Crippen LogP contribution >= 0.6 is 0 Å². The van der Waals surface area contributed by atoms with Crippen molar-refractivity contribution in [2.24, 2.45) is 5.92 Å². The maximum Gasteiger partial charge on any atom is 0.212 e. The fourth-order valence-corrected chi connectivity index (χ4v) is 4.44. The predicted molar refractivity (Wildman–Crippen MR) is 102 cm³/mol. The van der Waals surface area contributed by atoms with Gasteiger partial charge in [0.25, 0.3) is 0 Å². The quantitative estimate of drug-likeness (QED) is 0.442. The lowest BCUT2D eigenvalue weighted by Crippen LogP contribution is -2.29. The first-order valence-electron chi connectivity index (χ1n) is 9.29. The number of sulfonamides is 1. The van der Waals surface area contributed by atoms with Crippen LogP contribution in [0.3, 0.4) is 0 Å². The zero-order valence-electron chi connectivity index (χ0n) is 15.8. The Labute approximate surface area is 157 Å². The monoisotopic (exact) mass is 385 g/mol. The molecule has 0 saturated heterocycles. The van der Waals surface area contributed by atoms with Crippen molar-refractivity contribution in [3.63, 3.8) is 0 Å². The van der Waals surface area contributed by atoms with Gasteiger partial charge in [-0.15, -0.1) is 0 Å². The number of hydrogen-bond acceptors (Lipinski definition) is 5. The average molecular weight is 386 g/mol. The number of rotatable bonds is 12. The minimum Gasteiger partial charge on any atom is -0.493 e. The Kier molecular flexibility index (Phi) is 8.84. The normalized spacial score (nSPS) is 16.7. The van der Waals surface area contributed by atoms with Crippen molar-refractivity contribution in [2.45, 2.75) is 45.1 Å². The molecule has 1 atom stereocenters. The van der Waals surface area contributed by atoms with Crippen molar-refractivity contribution in [2.75, 3.05) is 32.9 Å². The Balaban J connectivity index is 1.81. The van der Waals surface area contributed by atoms with E-state index in [0.717, 1.165) is 17.9 Å². The van der Waals surface area contributed by atoms with E-state index in [-0.39, 0.29) is 18.6 Å². The fourth-order valence-electron chi connectivity index (χ4n) is 3.15. The van der Waals surface area contributed by atoms with Gasteiger partial charge in [0, 0.05) is 13.2 Å². The summed E-state index contributed by atoms with van der Waals surface area (Å²) in [5.41, 5.74) is 0.896. The van der Waals surface area contributed by atoms with Gasteiger partial charge in [0.05, 0.1) is 19.0 Å². The molecule has 0 heterocycles. The zero-order valence-corrected chi connectivity index (χ0v) is 16.6. The van der Waals surface area contributed by atoms with Crippen molar-refractivity contribution < 1.29 is 22.6 Å². The van der Waals surface area contributed by atoms with Crippen LogP contribution in [0, 0.1) is 5.92 Å². The van der Waals surface area contributed by atoms with Gasteiger partial charge in [-0.05, 0) is 49.8 Å². The average Bonchev–Trinajstić information content (AvgIpc) is 3.13. The summed E-state index contributed by atoms with van der Waals surface area (Å²) < 4.78 is 42.9. The van der Waals surface area contributed by atoms with E-state index in [9.17, 15) is 8.42 Å². The summed E-state index contributed by atoms with van der Waals surface area (Å²) in [7, 11) is -1.83. The lowest BCUT2D eigenvalue weighted by atomic mass is 10.1. The number of hydrogen-bond donors (Lipinski definition) is 1. The van der Waals surface area contributed by atoms with Crippen molar-refractivity contribution in [3.05, 3.63) is 29.8 Å². The number of nitrogens with one attached hydrogen (secondary N) is 1. The predicted octanol–water partition coefficient (Wildman–Crippen LogP) is 3.25. The number of methoxy groups -OCH3 is 1. The van der Waals surface area contributed by atoms with Crippen LogP contribution in [0.5, 0.6) is 5.75 Å².